The highest BCUT2D eigenvalue weighted by Crippen LogP contribution is 2.37. The van der Waals surface area contributed by atoms with E-state index < -0.39 is 20.5 Å². The van der Waals surface area contributed by atoms with E-state index in [1.807, 2.05) is 36.4 Å². The van der Waals surface area contributed by atoms with Gasteiger partial charge in [-0.25, -0.2) is 0 Å². The van der Waals surface area contributed by atoms with Crippen LogP contribution in [0.3, 0.4) is 0 Å². The summed E-state index contributed by atoms with van der Waals surface area (Å²) < 4.78 is 6.71. The molecule has 2 aromatic carbocycles. The lowest BCUT2D eigenvalue weighted by molar-refractivity contribution is -0.111. The maximum atomic E-state index is 11.5. The van der Waals surface area contributed by atoms with Crippen molar-refractivity contribution < 1.29 is 19.2 Å². The van der Waals surface area contributed by atoms with E-state index in [0.29, 0.717) is 12.1 Å². The van der Waals surface area contributed by atoms with Crippen LogP contribution in [0, 0.1) is 0 Å². The molecule has 0 amide bonds. The highest BCUT2D eigenvalue weighted by atomic mass is 28.4. The topological polar surface area (TPSA) is 68.1 Å². The Bertz CT molecular complexity index is 822. The van der Waals surface area contributed by atoms with Crippen molar-refractivity contribution in [1.29, 1.82) is 0 Å². The molecule has 1 aliphatic heterocycles. The van der Waals surface area contributed by atoms with Gasteiger partial charge in [0.15, 0.2) is 11.9 Å². The van der Waals surface area contributed by atoms with Gasteiger partial charge in [-0.3, -0.25) is 4.79 Å². The second-order valence-electron chi connectivity index (χ2n) is 8.48. The van der Waals surface area contributed by atoms with Crippen LogP contribution in [0.5, 0.6) is 0 Å². The van der Waals surface area contributed by atoms with E-state index in [9.17, 15) is 9.90 Å². The summed E-state index contributed by atoms with van der Waals surface area (Å²) in [5, 5.41) is 16.7. The van der Waals surface area contributed by atoms with Gasteiger partial charge >= 0.3 is 0 Å². The molecule has 0 unspecified atom stereocenters. The van der Waals surface area contributed by atoms with Crippen LogP contribution >= 0.6 is 0 Å². The molecule has 1 heterocycles. The zero-order chi connectivity index (χ0) is 21.1. The summed E-state index contributed by atoms with van der Waals surface area (Å²) in [5.41, 5.74) is 0.361. The first kappa shape index (κ1) is 21.4. The minimum atomic E-state index is -2.72. The van der Waals surface area contributed by atoms with Crippen molar-refractivity contribution in [2.24, 2.45) is 5.16 Å². The second kappa shape index (κ2) is 8.61. The maximum absolute atomic E-state index is 11.5. The van der Waals surface area contributed by atoms with Crippen molar-refractivity contribution in [2.75, 3.05) is 6.61 Å². The zero-order valence-electron chi connectivity index (χ0n) is 17.5. The Morgan fingerprint density at radius 2 is 1.66 bits per heavy atom. The lowest BCUT2D eigenvalue weighted by Crippen LogP contribution is -2.67. The van der Waals surface area contributed by atoms with Gasteiger partial charge in [-0.15, -0.1) is 0 Å². The van der Waals surface area contributed by atoms with E-state index in [2.05, 4.69) is 50.2 Å². The number of carbonyl (C=O) groups is 1. The molecule has 1 aliphatic rings. The third kappa shape index (κ3) is 4.34. The predicted octanol–water partition coefficient (Wildman–Crippen LogP) is 2.66. The highest BCUT2D eigenvalue weighted by molar-refractivity contribution is 6.99. The molecular formula is C23H29NO4Si. The van der Waals surface area contributed by atoms with E-state index in [-0.39, 0.29) is 17.4 Å². The molecule has 0 radical (unpaired) electrons. The van der Waals surface area contributed by atoms with Crippen LogP contribution in [0.25, 0.3) is 0 Å². The fraction of sp³-hybridized carbons (Fsp3) is 0.391. The summed E-state index contributed by atoms with van der Waals surface area (Å²) in [6.45, 7) is 8.13. The molecule has 0 aromatic heterocycles. The Morgan fingerprint density at radius 3 is 2.07 bits per heavy atom. The van der Waals surface area contributed by atoms with Crippen LogP contribution in [0.1, 0.15) is 34.1 Å². The van der Waals surface area contributed by atoms with Gasteiger partial charge in [0.05, 0.1) is 6.61 Å². The number of hydrogen-bond acceptors (Lipinski definition) is 5. The van der Waals surface area contributed by atoms with Crippen LogP contribution in [-0.2, 0) is 14.1 Å². The number of nitrogens with zero attached hydrogens (tertiary/aromatic N) is 1. The van der Waals surface area contributed by atoms with Gasteiger partial charge in [0.1, 0.15) is 11.8 Å². The van der Waals surface area contributed by atoms with Crippen molar-refractivity contribution >= 4 is 30.2 Å². The SMILES string of the molecule is CC(=O)C1=NO[C@@H]([C@H](O)CO[Si](c2ccccc2)(c2ccccc2)C(C)(C)C)C1. The average Bonchev–Trinajstić information content (AvgIpc) is 3.20. The number of benzene rings is 2. The molecular weight excluding hydrogens is 382 g/mol. The normalized spacial score (nSPS) is 18.1. The monoisotopic (exact) mass is 411 g/mol. The molecule has 0 spiro atoms. The summed E-state index contributed by atoms with van der Waals surface area (Å²) >= 11 is 0. The Balaban J connectivity index is 1.91. The van der Waals surface area contributed by atoms with Gasteiger partial charge in [0.25, 0.3) is 8.32 Å². The first-order valence-corrected chi connectivity index (χ1v) is 11.8. The number of Topliss-reactive ketones (excluding diaryl/α,β-unsaturated/α-hetero) is 1. The second-order valence-corrected chi connectivity index (χ2v) is 12.8. The van der Waals surface area contributed by atoms with Gasteiger partial charge in [0.2, 0.25) is 0 Å². The molecule has 0 aliphatic carbocycles. The number of carbonyl (C=O) groups excluding carboxylic acids is 1. The largest absolute Gasteiger partial charge is 0.405 e. The van der Waals surface area contributed by atoms with Gasteiger partial charge < -0.3 is 14.4 Å². The summed E-state index contributed by atoms with van der Waals surface area (Å²) in [6, 6.07) is 20.5. The number of ketones is 1. The van der Waals surface area contributed by atoms with Crippen molar-refractivity contribution in [1.82, 2.24) is 0 Å². The lowest BCUT2D eigenvalue weighted by Gasteiger charge is -2.43. The minimum Gasteiger partial charge on any atom is -0.405 e. The fourth-order valence-electron chi connectivity index (χ4n) is 3.89. The molecule has 0 saturated carbocycles. The van der Waals surface area contributed by atoms with Crippen molar-refractivity contribution in [3.63, 3.8) is 0 Å². The molecule has 2 atom stereocenters. The van der Waals surface area contributed by atoms with Crippen molar-refractivity contribution in [2.45, 2.75) is 51.4 Å². The van der Waals surface area contributed by atoms with Crippen LogP contribution in [-0.4, -0.2) is 43.7 Å². The van der Waals surface area contributed by atoms with Crippen LogP contribution < -0.4 is 10.4 Å². The fourth-order valence-corrected chi connectivity index (χ4v) is 8.47. The molecule has 5 nitrogen and oxygen atoms in total. The van der Waals surface area contributed by atoms with Crippen LogP contribution in [0.2, 0.25) is 5.04 Å². The summed E-state index contributed by atoms with van der Waals surface area (Å²) in [4.78, 5) is 16.8. The van der Waals surface area contributed by atoms with Gasteiger partial charge in [-0.2, -0.15) is 0 Å². The third-order valence-electron chi connectivity index (χ3n) is 5.42. The first-order chi connectivity index (χ1) is 13.8. The number of hydrogen-bond donors (Lipinski definition) is 1. The maximum Gasteiger partial charge on any atom is 0.261 e. The molecule has 0 bridgehead atoms. The summed E-state index contributed by atoms with van der Waals surface area (Å²) in [5.74, 6) is -0.132. The lowest BCUT2D eigenvalue weighted by atomic mass is 10.1. The number of oxime groups is 1. The molecule has 154 valence electrons. The van der Waals surface area contributed by atoms with Gasteiger partial charge in [-0.05, 0) is 15.4 Å². The van der Waals surface area contributed by atoms with Gasteiger partial charge in [0, 0.05) is 13.3 Å². The first-order valence-electron chi connectivity index (χ1n) is 9.92. The van der Waals surface area contributed by atoms with E-state index >= 15 is 0 Å². The minimum absolute atomic E-state index is 0.110. The standard InChI is InChI=1S/C23H29NO4Si/c1-17(25)20-15-22(28-24-20)21(26)16-27-29(23(2,3)4,18-11-7-5-8-12-18)19-13-9-6-10-14-19/h5-14,21-22,26H,15-16H2,1-4H3/t21-,22-/m1/s1. The molecule has 2 aromatic rings. The summed E-state index contributed by atoms with van der Waals surface area (Å²) in [6.07, 6.45) is -1.13. The average molecular weight is 412 g/mol. The Kier molecular flexibility index (Phi) is 6.36. The van der Waals surface area contributed by atoms with Crippen LogP contribution in [0.4, 0.5) is 0 Å². The van der Waals surface area contributed by atoms with E-state index in [1.54, 1.807) is 0 Å². The van der Waals surface area contributed by atoms with E-state index in [4.69, 9.17) is 9.26 Å². The van der Waals surface area contributed by atoms with Crippen molar-refractivity contribution in [3.05, 3.63) is 60.7 Å². The van der Waals surface area contributed by atoms with E-state index in [1.165, 1.54) is 6.92 Å². The summed E-state index contributed by atoms with van der Waals surface area (Å²) in [7, 11) is -2.72. The Hall–Kier alpha value is -2.28. The quantitative estimate of drug-likeness (QED) is 0.712. The molecule has 1 N–H and O–H groups in total. The number of aliphatic hydroxyl groups excluding tert-OH is 1. The molecule has 29 heavy (non-hydrogen) atoms. The molecule has 0 saturated heterocycles. The molecule has 6 heteroatoms. The van der Waals surface area contributed by atoms with E-state index in [0.717, 1.165) is 10.4 Å². The Labute approximate surface area is 173 Å². The molecule has 0 fully saturated rings. The smallest absolute Gasteiger partial charge is 0.261 e. The number of rotatable bonds is 7. The predicted molar refractivity (Wildman–Crippen MR) is 117 cm³/mol. The van der Waals surface area contributed by atoms with Crippen LogP contribution in [0.15, 0.2) is 65.8 Å². The third-order valence-corrected chi connectivity index (χ3v) is 10.4. The zero-order valence-corrected chi connectivity index (χ0v) is 18.5. The number of aliphatic hydroxyl groups is 1. The Morgan fingerprint density at radius 1 is 1.14 bits per heavy atom. The highest BCUT2D eigenvalue weighted by Gasteiger charge is 2.50. The molecule has 3 rings (SSSR count). The van der Waals surface area contributed by atoms with Gasteiger partial charge in [-0.1, -0.05) is 86.6 Å². The van der Waals surface area contributed by atoms with Crippen molar-refractivity contribution in [3.8, 4) is 0 Å².